The van der Waals surface area contributed by atoms with E-state index in [1.807, 2.05) is 18.2 Å². The number of hydrogen-bond acceptors (Lipinski definition) is 4. The molecule has 1 heterocycles. The maximum Gasteiger partial charge on any atom is 0.248 e. The molecule has 2 aromatic rings. The van der Waals surface area contributed by atoms with Crippen LogP contribution in [0.15, 0.2) is 36.4 Å². The molecular weight excluding hydrogens is 292 g/mol. The monoisotopic (exact) mass is 304 g/mol. The Morgan fingerprint density at radius 1 is 1.19 bits per heavy atom. The van der Waals surface area contributed by atoms with Crippen LogP contribution < -0.4 is 20.5 Å². The smallest absolute Gasteiger partial charge is 0.248 e. The van der Waals surface area contributed by atoms with Gasteiger partial charge in [0.25, 0.3) is 0 Å². The van der Waals surface area contributed by atoms with Gasteiger partial charge in [0.05, 0.1) is 10.7 Å². The molecule has 0 fully saturated rings. The minimum atomic E-state index is -0.488. The number of benzene rings is 2. The van der Waals surface area contributed by atoms with E-state index in [1.165, 1.54) is 0 Å². The van der Waals surface area contributed by atoms with E-state index >= 15 is 0 Å². The molecule has 3 rings (SSSR count). The fraction of sp³-hybridized carbons (Fsp3) is 0.133. The molecule has 2 aromatic carbocycles. The number of carbonyl (C=O) groups is 1. The van der Waals surface area contributed by atoms with Crippen molar-refractivity contribution in [2.24, 2.45) is 5.73 Å². The van der Waals surface area contributed by atoms with Gasteiger partial charge in [0.15, 0.2) is 11.5 Å². The van der Waals surface area contributed by atoms with Gasteiger partial charge in [-0.1, -0.05) is 17.7 Å². The van der Waals surface area contributed by atoms with Crippen LogP contribution in [-0.4, -0.2) is 12.7 Å². The molecule has 0 radical (unpaired) electrons. The third kappa shape index (κ3) is 2.87. The SMILES string of the molecule is NC(=O)c1ccc(Cl)c(NCc2ccc3c(c2)OCO3)c1. The van der Waals surface area contributed by atoms with Gasteiger partial charge in [-0.15, -0.1) is 0 Å². The van der Waals surface area contributed by atoms with Gasteiger partial charge >= 0.3 is 0 Å². The van der Waals surface area contributed by atoms with Crippen LogP contribution >= 0.6 is 11.6 Å². The van der Waals surface area contributed by atoms with Gasteiger partial charge in [-0.3, -0.25) is 4.79 Å². The molecule has 1 aliphatic heterocycles. The number of amides is 1. The lowest BCUT2D eigenvalue weighted by atomic mass is 10.1. The van der Waals surface area contributed by atoms with Gasteiger partial charge < -0.3 is 20.5 Å². The fourth-order valence-corrected chi connectivity index (χ4v) is 2.25. The first-order valence-corrected chi connectivity index (χ1v) is 6.73. The van der Waals surface area contributed by atoms with Gasteiger partial charge in [0.1, 0.15) is 0 Å². The van der Waals surface area contributed by atoms with Crippen molar-refractivity contribution in [2.75, 3.05) is 12.1 Å². The molecule has 6 heteroatoms. The average Bonchev–Trinajstić information content (AvgIpc) is 2.93. The summed E-state index contributed by atoms with van der Waals surface area (Å²) in [5, 5.41) is 3.71. The molecule has 5 nitrogen and oxygen atoms in total. The number of nitrogens with one attached hydrogen (secondary N) is 1. The molecule has 0 unspecified atom stereocenters. The summed E-state index contributed by atoms with van der Waals surface area (Å²) < 4.78 is 10.6. The van der Waals surface area contributed by atoms with Crippen LogP contribution in [0.1, 0.15) is 15.9 Å². The average molecular weight is 305 g/mol. The quantitative estimate of drug-likeness (QED) is 0.911. The molecule has 0 spiro atoms. The Balaban J connectivity index is 1.75. The molecule has 1 aliphatic rings. The molecular formula is C15H13ClN2O3. The molecule has 0 aromatic heterocycles. The first kappa shape index (κ1) is 13.6. The highest BCUT2D eigenvalue weighted by atomic mass is 35.5. The second-order valence-electron chi connectivity index (χ2n) is 4.60. The molecule has 0 aliphatic carbocycles. The summed E-state index contributed by atoms with van der Waals surface area (Å²) in [6, 6.07) is 10.6. The maximum absolute atomic E-state index is 11.2. The van der Waals surface area contributed by atoms with Crippen molar-refractivity contribution < 1.29 is 14.3 Å². The Labute approximate surface area is 126 Å². The van der Waals surface area contributed by atoms with E-state index in [4.69, 9.17) is 26.8 Å². The summed E-state index contributed by atoms with van der Waals surface area (Å²) in [5.74, 6) is 0.983. The van der Waals surface area contributed by atoms with Gasteiger partial charge in [-0.25, -0.2) is 0 Å². The minimum absolute atomic E-state index is 0.249. The number of nitrogens with two attached hydrogens (primary N) is 1. The van der Waals surface area contributed by atoms with Crippen molar-refractivity contribution in [1.29, 1.82) is 0 Å². The maximum atomic E-state index is 11.2. The Kier molecular flexibility index (Phi) is 3.58. The first-order valence-electron chi connectivity index (χ1n) is 6.35. The third-order valence-corrected chi connectivity index (χ3v) is 3.50. The van der Waals surface area contributed by atoms with Crippen molar-refractivity contribution in [2.45, 2.75) is 6.54 Å². The topological polar surface area (TPSA) is 73.6 Å². The molecule has 21 heavy (non-hydrogen) atoms. The van der Waals surface area contributed by atoms with Crippen molar-refractivity contribution in [3.05, 3.63) is 52.5 Å². The van der Waals surface area contributed by atoms with Crippen LogP contribution in [0.4, 0.5) is 5.69 Å². The van der Waals surface area contributed by atoms with Crippen LogP contribution in [0.25, 0.3) is 0 Å². The summed E-state index contributed by atoms with van der Waals surface area (Å²) in [7, 11) is 0. The largest absolute Gasteiger partial charge is 0.454 e. The van der Waals surface area contributed by atoms with E-state index in [-0.39, 0.29) is 6.79 Å². The van der Waals surface area contributed by atoms with Crippen molar-refractivity contribution in [3.63, 3.8) is 0 Å². The van der Waals surface area contributed by atoms with E-state index in [0.29, 0.717) is 22.8 Å². The van der Waals surface area contributed by atoms with Crippen molar-refractivity contribution in [1.82, 2.24) is 0 Å². The number of anilines is 1. The standard InChI is InChI=1S/C15H13ClN2O3/c16-11-3-2-10(15(17)19)6-12(11)18-7-9-1-4-13-14(5-9)21-8-20-13/h1-6,18H,7-8H2,(H2,17,19). The summed E-state index contributed by atoms with van der Waals surface area (Å²) in [4.78, 5) is 11.2. The highest BCUT2D eigenvalue weighted by Gasteiger charge is 2.13. The van der Waals surface area contributed by atoms with E-state index in [0.717, 1.165) is 17.1 Å². The predicted octanol–water partition coefficient (Wildman–Crippen LogP) is 2.78. The lowest BCUT2D eigenvalue weighted by Gasteiger charge is -2.10. The molecule has 0 saturated carbocycles. The van der Waals surface area contributed by atoms with Gasteiger partial charge in [0.2, 0.25) is 12.7 Å². The Bertz CT molecular complexity index is 703. The van der Waals surface area contributed by atoms with Crippen LogP contribution in [0.2, 0.25) is 5.02 Å². The zero-order valence-corrected chi connectivity index (χ0v) is 11.8. The van der Waals surface area contributed by atoms with Crippen molar-refractivity contribution in [3.8, 4) is 11.5 Å². The third-order valence-electron chi connectivity index (χ3n) is 3.17. The highest BCUT2D eigenvalue weighted by molar-refractivity contribution is 6.33. The Morgan fingerprint density at radius 3 is 2.81 bits per heavy atom. The highest BCUT2D eigenvalue weighted by Crippen LogP contribution is 2.33. The second kappa shape index (κ2) is 5.54. The van der Waals surface area contributed by atoms with Gasteiger partial charge in [-0.2, -0.15) is 0 Å². The number of ether oxygens (including phenoxy) is 2. The van der Waals surface area contributed by atoms with E-state index in [1.54, 1.807) is 18.2 Å². The summed E-state index contributed by atoms with van der Waals surface area (Å²) in [6.45, 7) is 0.789. The second-order valence-corrected chi connectivity index (χ2v) is 5.01. The molecule has 108 valence electrons. The normalized spacial score (nSPS) is 12.2. The molecule has 1 amide bonds. The van der Waals surface area contributed by atoms with Crippen LogP contribution in [-0.2, 0) is 6.54 Å². The number of fused-ring (bicyclic) bond motifs is 1. The number of rotatable bonds is 4. The Hall–Kier alpha value is -2.40. The van der Waals surface area contributed by atoms with Gasteiger partial charge in [-0.05, 0) is 35.9 Å². The molecule has 0 bridgehead atoms. The number of carbonyl (C=O) groups excluding carboxylic acids is 1. The lowest BCUT2D eigenvalue weighted by molar-refractivity contribution is 0.100. The van der Waals surface area contributed by atoms with Crippen LogP contribution in [0.3, 0.4) is 0 Å². The number of hydrogen-bond donors (Lipinski definition) is 2. The fourth-order valence-electron chi connectivity index (χ4n) is 2.06. The van der Waals surface area contributed by atoms with Crippen LogP contribution in [0, 0.1) is 0 Å². The Morgan fingerprint density at radius 2 is 2.00 bits per heavy atom. The predicted molar refractivity (Wildman–Crippen MR) is 79.9 cm³/mol. The summed E-state index contributed by atoms with van der Waals surface area (Å²) >= 11 is 6.10. The van der Waals surface area contributed by atoms with Crippen LogP contribution in [0.5, 0.6) is 11.5 Å². The molecule has 0 atom stereocenters. The number of primary amides is 1. The molecule has 0 saturated heterocycles. The zero-order valence-electron chi connectivity index (χ0n) is 11.1. The minimum Gasteiger partial charge on any atom is -0.454 e. The summed E-state index contributed by atoms with van der Waals surface area (Å²) in [5.41, 5.74) is 7.34. The number of halogens is 1. The lowest BCUT2D eigenvalue weighted by Crippen LogP contribution is -2.11. The zero-order chi connectivity index (χ0) is 14.8. The van der Waals surface area contributed by atoms with E-state index in [2.05, 4.69) is 5.32 Å². The van der Waals surface area contributed by atoms with Crippen molar-refractivity contribution >= 4 is 23.2 Å². The van der Waals surface area contributed by atoms with E-state index in [9.17, 15) is 4.79 Å². The summed E-state index contributed by atoms with van der Waals surface area (Å²) in [6.07, 6.45) is 0. The van der Waals surface area contributed by atoms with E-state index < -0.39 is 5.91 Å². The molecule has 3 N–H and O–H groups in total. The first-order chi connectivity index (χ1) is 10.1. The van der Waals surface area contributed by atoms with Gasteiger partial charge in [0, 0.05) is 12.1 Å².